The molecule has 1 aliphatic rings. The van der Waals surface area contributed by atoms with Gasteiger partial charge in [0.15, 0.2) is 5.69 Å². The van der Waals surface area contributed by atoms with E-state index in [4.69, 9.17) is 5.73 Å². The summed E-state index contributed by atoms with van der Waals surface area (Å²) < 4.78 is 0. The quantitative estimate of drug-likeness (QED) is 0.583. The van der Waals surface area contributed by atoms with Gasteiger partial charge >= 0.3 is 0 Å². The smallest absolute Gasteiger partial charge is 0.274 e. The molecule has 7 nitrogen and oxygen atoms in total. The molecule has 0 aromatic carbocycles. The number of nitrogens with two attached hydrogens (primary N) is 1. The minimum atomic E-state index is -0.493. The zero-order valence-corrected chi connectivity index (χ0v) is 10.2. The van der Waals surface area contributed by atoms with Gasteiger partial charge in [0, 0.05) is 6.54 Å². The standard InChI is InChI=1S/C11H17N5O2/c1-2-6-8(12)9(16-15-6)11(18)14-7-4-3-5-13-10(7)17/h7H,2-5,12H2,1H3,(H,13,17)(H,14,18)(H,15,16). The topological polar surface area (TPSA) is 113 Å². The maximum absolute atomic E-state index is 12.0. The van der Waals surface area contributed by atoms with Crippen LogP contribution in [0.3, 0.4) is 0 Å². The molecule has 2 rings (SSSR count). The number of rotatable bonds is 3. The van der Waals surface area contributed by atoms with Crippen LogP contribution in [0.15, 0.2) is 0 Å². The van der Waals surface area contributed by atoms with Gasteiger partial charge in [0.25, 0.3) is 5.91 Å². The number of H-pyrrole nitrogens is 1. The van der Waals surface area contributed by atoms with E-state index in [1.807, 2.05) is 6.92 Å². The first-order valence-corrected chi connectivity index (χ1v) is 6.04. The van der Waals surface area contributed by atoms with Crippen molar-refractivity contribution < 1.29 is 9.59 Å². The first-order chi connectivity index (χ1) is 8.63. The van der Waals surface area contributed by atoms with Crippen LogP contribution >= 0.6 is 0 Å². The molecule has 18 heavy (non-hydrogen) atoms. The molecule has 0 spiro atoms. The number of anilines is 1. The van der Waals surface area contributed by atoms with E-state index in [2.05, 4.69) is 20.8 Å². The Morgan fingerprint density at radius 2 is 2.39 bits per heavy atom. The summed E-state index contributed by atoms with van der Waals surface area (Å²) in [6.45, 7) is 2.58. The molecule has 1 aromatic heterocycles. The Labute approximate surface area is 105 Å². The van der Waals surface area contributed by atoms with Gasteiger partial charge < -0.3 is 16.4 Å². The van der Waals surface area contributed by atoms with Crippen molar-refractivity contribution >= 4 is 17.5 Å². The van der Waals surface area contributed by atoms with E-state index >= 15 is 0 Å². The number of hydrogen-bond donors (Lipinski definition) is 4. The molecule has 1 aliphatic heterocycles. The van der Waals surface area contributed by atoms with Crippen molar-refractivity contribution in [1.29, 1.82) is 0 Å². The molecule has 1 saturated heterocycles. The summed E-state index contributed by atoms with van der Waals surface area (Å²) in [6.07, 6.45) is 2.17. The molecule has 2 heterocycles. The van der Waals surface area contributed by atoms with Crippen molar-refractivity contribution in [2.24, 2.45) is 0 Å². The second kappa shape index (κ2) is 5.07. The van der Waals surface area contributed by atoms with Crippen molar-refractivity contribution in [2.75, 3.05) is 12.3 Å². The van der Waals surface area contributed by atoms with Crippen LogP contribution in [0, 0.1) is 0 Å². The summed E-state index contributed by atoms with van der Waals surface area (Å²) in [5, 5.41) is 12.0. The summed E-state index contributed by atoms with van der Waals surface area (Å²) in [5.74, 6) is -0.565. The number of piperidine rings is 1. The summed E-state index contributed by atoms with van der Waals surface area (Å²) in [4.78, 5) is 23.5. The normalized spacial score (nSPS) is 19.4. The molecule has 98 valence electrons. The van der Waals surface area contributed by atoms with Crippen LogP contribution in [0.25, 0.3) is 0 Å². The predicted octanol–water partition coefficient (Wildman–Crippen LogP) is -0.437. The maximum Gasteiger partial charge on any atom is 0.274 e. The number of hydrogen-bond acceptors (Lipinski definition) is 4. The van der Waals surface area contributed by atoms with Crippen molar-refractivity contribution in [1.82, 2.24) is 20.8 Å². The lowest BCUT2D eigenvalue weighted by Crippen LogP contribution is -2.50. The summed E-state index contributed by atoms with van der Waals surface area (Å²) >= 11 is 0. The Hall–Kier alpha value is -2.05. The number of aromatic nitrogens is 2. The zero-order valence-electron chi connectivity index (χ0n) is 10.2. The van der Waals surface area contributed by atoms with Crippen LogP contribution in [0.4, 0.5) is 5.69 Å². The molecule has 2 amide bonds. The van der Waals surface area contributed by atoms with Gasteiger partial charge in [0.05, 0.1) is 11.4 Å². The third kappa shape index (κ3) is 2.29. The van der Waals surface area contributed by atoms with E-state index in [0.717, 1.165) is 12.1 Å². The predicted molar refractivity (Wildman–Crippen MR) is 65.9 cm³/mol. The van der Waals surface area contributed by atoms with Gasteiger partial charge in [0.1, 0.15) is 6.04 Å². The molecule has 1 atom stereocenters. The number of nitrogens with one attached hydrogen (secondary N) is 3. The first-order valence-electron chi connectivity index (χ1n) is 6.04. The number of nitrogens with zero attached hydrogens (tertiary/aromatic N) is 1. The number of amides is 2. The molecule has 0 aliphatic carbocycles. The molecule has 0 radical (unpaired) electrons. The highest BCUT2D eigenvalue weighted by atomic mass is 16.2. The lowest BCUT2D eigenvalue weighted by molar-refractivity contribution is -0.124. The second-order valence-corrected chi connectivity index (χ2v) is 4.28. The summed E-state index contributed by atoms with van der Waals surface area (Å²) in [5.41, 5.74) is 7.04. The van der Waals surface area contributed by atoms with Gasteiger partial charge in [-0.3, -0.25) is 14.7 Å². The van der Waals surface area contributed by atoms with Crippen LogP contribution in [0.2, 0.25) is 0 Å². The molecule has 1 unspecified atom stereocenters. The lowest BCUT2D eigenvalue weighted by Gasteiger charge is -2.22. The highest BCUT2D eigenvalue weighted by molar-refractivity contribution is 6.00. The van der Waals surface area contributed by atoms with Crippen molar-refractivity contribution in [2.45, 2.75) is 32.2 Å². The van der Waals surface area contributed by atoms with E-state index in [0.29, 0.717) is 25.1 Å². The average Bonchev–Trinajstić information content (AvgIpc) is 2.73. The number of carbonyl (C=O) groups is 2. The summed E-state index contributed by atoms with van der Waals surface area (Å²) in [6, 6.07) is -0.493. The largest absolute Gasteiger partial charge is 0.395 e. The van der Waals surface area contributed by atoms with Crippen LogP contribution in [0.5, 0.6) is 0 Å². The van der Waals surface area contributed by atoms with Crippen LogP contribution in [-0.4, -0.2) is 34.6 Å². The number of nitrogen functional groups attached to an aromatic ring is 1. The maximum atomic E-state index is 12.0. The van der Waals surface area contributed by atoms with Crippen LogP contribution < -0.4 is 16.4 Å². The highest BCUT2D eigenvalue weighted by Gasteiger charge is 2.26. The van der Waals surface area contributed by atoms with E-state index in [-0.39, 0.29) is 11.6 Å². The van der Waals surface area contributed by atoms with Gasteiger partial charge in [-0.1, -0.05) is 6.92 Å². The van der Waals surface area contributed by atoms with Gasteiger partial charge in [-0.2, -0.15) is 5.10 Å². The number of carbonyl (C=O) groups excluding carboxylic acids is 2. The first kappa shape index (κ1) is 12.4. The van der Waals surface area contributed by atoms with E-state index in [9.17, 15) is 9.59 Å². The Bertz CT molecular complexity index is 468. The van der Waals surface area contributed by atoms with E-state index < -0.39 is 11.9 Å². The molecule has 0 saturated carbocycles. The molecular formula is C11H17N5O2. The molecule has 5 N–H and O–H groups in total. The van der Waals surface area contributed by atoms with Gasteiger partial charge in [-0.05, 0) is 19.3 Å². The van der Waals surface area contributed by atoms with Crippen LogP contribution in [0.1, 0.15) is 35.9 Å². The number of aryl methyl sites for hydroxylation is 1. The minimum absolute atomic E-state index is 0.153. The molecule has 1 aromatic rings. The van der Waals surface area contributed by atoms with E-state index in [1.165, 1.54) is 0 Å². The highest BCUT2D eigenvalue weighted by Crippen LogP contribution is 2.14. The molecule has 0 bridgehead atoms. The van der Waals surface area contributed by atoms with Crippen molar-refractivity contribution in [3.05, 3.63) is 11.4 Å². The SMILES string of the molecule is CCc1[nH]nc(C(=O)NC2CCCNC2=O)c1N. The Morgan fingerprint density at radius 3 is 3.00 bits per heavy atom. The Morgan fingerprint density at radius 1 is 1.61 bits per heavy atom. The van der Waals surface area contributed by atoms with Gasteiger partial charge in [-0.15, -0.1) is 0 Å². The van der Waals surface area contributed by atoms with Crippen molar-refractivity contribution in [3.63, 3.8) is 0 Å². The van der Waals surface area contributed by atoms with Gasteiger partial charge in [0.2, 0.25) is 5.91 Å². The molecular weight excluding hydrogens is 234 g/mol. The fourth-order valence-corrected chi connectivity index (χ4v) is 1.97. The van der Waals surface area contributed by atoms with Gasteiger partial charge in [-0.25, -0.2) is 0 Å². The monoisotopic (exact) mass is 251 g/mol. The van der Waals surface area contributed by atoms with Crippen LogP contribution in [-0.2, 0) is 11.2 Å². The minimum Gasteiger partial charge on any atom is -0.395 e. The van der Waals surface area contributed by atoms with Crippen molar-refractivity contribution in [3.8, 4) is 0 Å². The summed E-state index contributed by atoms with van der Waals surface area (Å²) in [7, 11) is 0. The Kier molecular flexibility index (Phi) is 3.50. The molecule has 7 heteroatoms. The lowest BCUT2D eigenvalue weighted by atomic mass is 10.1. The second-order valence-electron chi connectivity index (χ2n) is 4.28. The number of aromatic amines is 1. The zero-order chi connectivity index (χ0) is 13.1. The average molecular weight is 251 g/mol. The fraction of sp³-hybridized carbons (Fsp3) is 0.545. The Balaban J connectivity index is 2.07. The van der Waals surface area contributed by atoms with E-state index in [1.54, 1.807) is 0 Å². The third-order valence-corrected chi connectivity index (χ3v) is 3.04. The fourth-order valence-electron chi connectivity index (χ4n) is 1.97. The molecule has 1 fully saturated rings. The third-order valence-electron chi connectivity index (χ3n) is 3.04.